The third-order valence-electron chi connectivity index (χ3n) is 1.89. The molecule has 0 heterocycles. The molecule has 1 aromatic carbocycles. The Morgan fingerprint density at radius 3 is 2.64 bits per heavy atom. The Bertz CT molecular complexity index is 324. The number of benzene rings is 1. The minimum atomic E-state index is -2.58. The van der Waals surface area contributed by atoms with Crippen LogP contribution in [-0.4, -0.2) is 11.4 Å². The van der Waals surface area contributed by atoms with Crippen LogP contribution < -0.4 is 0 Å². The van der Waals surface area contributed by atoms with Crippen molar-refractivity contribution >= 4 is 6.29 Å². The summed E-state index contributed by atoms with van der Waals surface area (Å²) in [5.74, 6) is -0.176. The van der Waals surface area contributed by atoms with Crippen LogP contribution in [-0.2, 0) is 11.2 Å². The molecule has 0 atom stereocenters. The van der Waals surface area contributed by atoms with E-state index in [1.807, 2.05) is 0 Å². The smallest absolute Gasteiger partial charge is 0.263 e. The van der Waals surface area contributed by atoms with Crippen LogP contribution in [0.25, 0.3) is 0 Å². The Morgan fingerprint density at radius 1 is 1.43 bits per heavy atom. The Kier molecular flexibility index (Phi) is 3.56. The number of carbonyl (C=O) groups is 1. The van der Waals surface area contributed by atoms with Gasteiger partial charge in [0.1, 0.15) is 12.0 Å². The molecule has 0 amide bonds. The molecule has 0 radical (unpaired) electrons. The van der Waals surface area contributed by atoms with Crippen LogP contribution in [0.3, 0.4) is 0 Å². The summed E-state index contributed by atoms with van der Waals surface area (Å²) in [6.45, 7) is 0. The van der Waals surface area contributed by atoms with Crippen molar-refractivity contribution in [1.29, 1.82) is 0 Å². The second-order valence-corrected chi connectivity index (χ2v) is 2.89. The van der Waals surface area contributed by atoms with Crippen molar-refractivity contribution in [1.82, 2.24) is 0 Å². The SMILES string of the molecule is O=CCCc1ccc(C(F)F)cc1O. The highest BCUT2D eigenvalue weighted by Crippen LogP contribution is 2.26. The summed E-state index contributed by atoms with van der Waals surface area (Å²) in [7, 11) is 0. The summed E-state index contributed by atoms with van der Waals surface area (Å²) in [6.07, 6.45) is -1.21. The first-order valence-corrected chi connectivity index (χ1v) is 4.18. The lowest BCUT2D eigenvalue weighted by Crippen LogP contribution is -1.90. The number of rotatable bonds is 4. The fourth-order valence-corrected chi connectivity index (χ4v) is 1.14. The standard InChI is InChI=1S/C10H10F2O2/c11-10(12)8-4-3-7(2-1-5-13)9(14)6-8/h3-6,10,14H,1-2H2. The van der Waals surface area contributed by atoms with E-state index >= 15 is 0 Å². The number of phenolic OH excluding ortho intramolecular Hbond substituents is 1. The van der Waals surface area contributed by atoms with E-state index in [1.54, 1.807) is 0 Å². The number of hydrogen-bond donors (Lipinski definition) is 1. The first-order valence-electron chi connectivity index (χ1n) is 4.18. The number of aldehydes is 1. The van der Waals surface area contributed by atoms with Crippen molar-refractivity contribution in [2.75, 3.05) is 0 Å². The lowest BCUT2D eigenvalue weighted by Gasteiger charge is -2.05. The van der Waals surface area contributed by atoms with Gasteiger partial charge in [0.2, 0.25) is 0 Å². The van der Waals surface area contributed by atoms with Crippen molar-refractivity contribution in [3.8, 4) is 5.75 Å². The van der Waals surface area contributed by atoms with Crippen molar-refractivity contribution in [2.45, 2.75) is 19.3 Å². The molecular weight excluding hydrogens is 190 g/mol. The van der Waals surface area contributed by atoms with Gasteiger partial charge in [-0.3, -0.25) is 0 Å². The van der Waals surface area contributed by atoms with Gasteiger partial charge in [-0.1, -0.05) is 12.1 Å². The van der Waals surface area contributed by atoms with Gasteiger partial charge in [0.05, 0.1) is 0 Å². The van der Waals surface area contributed by atoms with Crippen molar-refractivity contribution in [3.05, 3.63) is 29.3 Å². The zero-order chi connectivity index (χ0) is 10.6. The summed E-state index contributed by atoms with van der Waals surface area (Å²) >= 11 is 0. The van der Waals surface area contributed by atoms with Crippen LogP contribution in [0.15, 0.2) is 18.2 Å². The molecule has 0 aliphatic carbocycles. The maximum atomic E-state index is 12.2. The van der Waals surface area contributed by atoms with Gasteiger partial charge in [-0.05, 0) is 18.1 Å². The Morgan fingerprint density at radius 2 is 2.14 bits per heavy atom. The molecule has 1 N–H and O–H groups in total. The average Bonchev–Trinajstić information content (AvgIpc) is 2.15. The number of alkyl halides is 2. The largest absolute Gasteiger partial charge is 0.508 e. The van der Waals surface area contributed by atoms with E-state index in [9.17, 15) is 18.7 Å². The van der Waals surface area contributed by atoms with E-state index in [4.69, 9.17) is 0 Å². The Balaban J connectivity index is 2.84. The number of aryl methyl sites for hydroxylation is 1. The van der Waals surface area contributed by atoms with Gasteiger partial charge in [0.15, 0.2) is 0 Å². The lowest BCUT2D eigenvalue weighted by molar-refractivity contribution is -0.107. The Labute approximate surface area is 80.2 Å². The second-order valence-electron chi connectivity index (χ2n) is 2.89. The van der Waals surface area contributed by atoms with Gasteiger partial charge < -0.3 is 9.90 Å². The Hall–Kier alpha value is -1.45. The molecule has 0 aromatic heterocycles. The normalized spacial score (nSPS) is 10.5. The summed E-state index contributed by atoms with van der Waals surface area (Å²) in [5, 5.41) is 9.32. The maximum Gasteiger partial charge on any atom is 0.263 e. The summed E-state index contributed by atoms with van der Waals surface area (Å²) in [5.41, 5.74) is 0.304. The second kappa shape index (κ2) is 4.69. The molecule has 4 heteroatoms. The van der Waals surface area contributed by atoms with E-state index in [-0.39, 0.29) is 17.7 Å². The molecule has 2 nitrogen and oxygen atoms in total. The van der Waals surface area contributed by atoms with E-state index in [0.29, 0.717) is 12.0 Å². The average molecular weight is 200 g/mol. The van der Waals surface area contributed by atoms with Crippen LogP contribution in [0.2, 0.25) is 0 Å². The van der Waals surface area contributed by atoms with E-state index in [1.165, 1.54) is 12.1 Å². The molecule has 76 valence electrons. The maximum absolute atomic E-state index is 12.2. The van der Waals surface area contributed by atoms with Gasteiger partial charge >= 0.3 is 0 Å². The molecule has 0 spiro atoms. The molecule has 0 aliphatic heterocycles. The van der Waals surface area contributed by atoms with Gasteiger partial charge in [-0.15, -0.1) is 0 Å². The van der Waals surface area contributed by atoms with Crippen LogP contribution in [0.5, 0.6) is 5.75 Å². The zero-order valence-corrected chi connectivity index (χ0v) is 7.41. The highest BCUT2D eigenvalue weighted by atomic mass is 19.3. The third-order valence-corrected chi connectivity index (χ3v) is 1.89. The number of hydrogen-bond acceptors (Lipinski definition) is 2. The quantitative estimate of drug-likeness (QED) is 0.758. The van der Waals surface area contributed by atoms with Gasteiger partial charge in [0.25, 0.3) is 6.43 Å². The van der Waals surface area contributed by atoms with Crippen molar-refractivity contribution in [2.24, 2.45) is 0 Å². The minimum absolute atomic E-state index is 0.176. The summed E-state index contributed by atoms with van der Waals surface area (Å²) in [4.78, 5) is 10.1. The van der Waals surface area contributed by atoms with Crippen molar-refractivity contribution in [3.63, 3.8) is 0 Å². The highest BCUT2D eigenvalue weighted by molar-refractivity contribution is 5.51. The fourth-order valence-electron chi connectivity index (χ4n) is 1.14. The molecule has 0 aliphatic rings. The molecule has 0 unspecified atom stereocenters. The van der Waals surface area contributed by atoms with Crippen LogP contribution in [0.1, 0.15) is 24.0 Å². The van der Waals surface area contributed by atoms with Crippen molar-refractivity contribution < 1.29 is 18.7 Å². The molecule has 0 bridgehead atoms. The van der Waals surface area contributed by atoms with Crippen LogP contribution in [0.4, 0.5) is 8.78 Å². The van der Waals surface area contributed by atoms with Gasteiger partial charge in [0, 0.05) is 12.0 Å². The molecule has 1 rings (SSSR count). The number of carbonyl (C=O) groups excluding carboxylic acids is 1. The van der Waals surface area contributed by atoms with Crippen LogP contribution >= 0.6 is 0 Å². The highest BCUT2D eigenvalue weighted by Gasteiger charge is 2.09. The predicted octanol–water partition coefficient (Wildman–Crippen LogP) is 2.46. The first kappa shape index (κ1) is 10.6. The topological polar surface area (TPSA) is 37.3 Å². The molecular formula is C10H10F2O2. The van der Waals surface area contributed by atoms with Crippen LogP contribution in [0, 0.1) is 0 Å². The van der Waals surface area contributed by atoms with E-state index in [0.717, 1.165) is 12.4 Å². The molecule has 14 heavy (non-hydrogen) atoms. The molecule has 0 fully saturated rings. The fraction of sp³-hybridized carbons (Fsp3) is 0.300. The van der Waals surface area contributed by atoms with E-state index < -0.39 is 6.43 Å². The van der Waals surface area contributed by atoms with Gasteiger partial charge in [-0.25, -0.2) is 8.78 Å². The molecule has 0 saturated heterocycles. The minimum Gasteiger partial charge on any atom is -0.508 e. The molecule has 1 aromatic rings. The van der Waals surface area contributed by atoms with E-state index in [2.05, 4.69) is 0 Å². The zero-order valence-electron chi connectivity index (χ0n) is 7.41. The number of halogens is 2. The predicted molar refractivity (Wildman–Crippen MR) is 47.4 cm³/mol. The number of phenols is 1. The molecule has 0 saturated carbocycles. The summed E-state index contributed by atoms with van der Waals surface area (Å²) in [6, 6.07) is 3.70. The third kappa shape index (κ3) is 2.52. The monoisotopic (exact) mass is 200 g/mol. The number of aromatic hydroxyl groups is 1. The van der Waals surface area contributed by atoms with Gasteiger partial charge in [-0.2, -0.15) is 0 Å². The summed E-state index contributed by atoms with van der Waals surface area (Å²) < 4.78 is 24.3. The lowest BCUT2D eigenvalue weighted by atomic mass is 10.1. The first-order chi connectivity index (χ1) is 6.65.